The normalized spacial score (nSPS) is 13.9. The van der Waals surface area contributed by atoms with Gasteiger partial charge in [-0.15, -0.1) is 0 Å². The molecule has 0 bridgehead atoms. The Balaban J connectivity index is 1.61. The fraction of sp³-hybridized carbons (Fsp3) is 0.235. The van der Waals surface area contributed by atoms with Crippen LogP contribution in [0.2, 0.25) is 0 Å². The van der Waals surface area contributed by atoms with Gasteiger partial charge in [-0.05, 0) is 11.6 Å². The summed E-state index contributed by atoms with van der Waals surface area (Å²) in [5.74, 6) is -0.0322. The lowest BCUT2D eigenvalue weighted by Gasteiger charge is -2.27. The van der Waals surface area contributed by atoms with Crippen molar-refractivity contribution in [3.8, 4) is 11.3 Å². The van der Waals surface area contributed by atoms with Crippen LogP contribution in [0.3, 0.4) is 0 Å². The highest BCUT2D eigenvalue weighted by atomic mass is 16.2. The number of carbonyl (C=O) groups excluding carboxylic acids is 1. The summed E-state index contributed by atoms with van der Waals surface area (Å²) in [7, 11) is 1.87. The third-order valence-electron chi connectivity index (χ3n) is 4.22. The van der Waals surface area contributed by atoms with E-state index in [-0.39, 0.29) is 5.91 Å². The molecule has 116 valence electrons. The van der Waals surface area contributed by atoms with Crippen LogP contribution < -0.4 is 0 Å². The molecular formula is C17H17N5O. The van der Waals surface area contributed by atoms with Gasteiger partial charge in [-0.2, -0.15) is 5.10 Å². The van der Waals surface area contributed by atoms with Crippen molar-refractivity contribution in [3.05, 3.63) is 60.3 Å². The zero-order valence-electron chi connectivity index (χ0n) is 12.9. The summed E-state index contributed by atoms with van der Waals surface area (Å²) in [6.07, 6.45) is 3.62. The molecule has 1 aliphatic heterocycles. The van der Waals surface area contributed by atoms with Crippen LogP contribution in [0, 0.1) is 0 Å². The van der Waals surface area contributed by atoms with Gasteiger partial charge >= 0.3 is 0 Å². The van der Waals surface area contributed by atoms with E-state index >= 15 is 0 Å². The van der Waals surface area contributed by atoms with Crippen molar-refractivity contribution in [3.63, 3.8) is 0 Å². The van der Waals surface area contributed by atoms with Gasteiger partial charge in [0, 0.05) is 26.3 Å². The number of nitrogens with zero attached hydrogens (tertiary/aromatic N) is 5. The van der Waals surface area contributed by atoms with Crippen LogP contribution in [-0.4, -0.2) is 36.7 Å². The van der Waals surface area contributed by atoms with E-state index < -0.39 is 0 Å². The topological polar surface area (TPSA) is 56.0 Å². The highest BCUT2D eigenvalue weighted by molar-refractivity contribution is 5.93. The van der Waals surface area contributed by atoms with Crippen molar-refractivity contribution >= 4 is 5.91 Å². The Morgan fingerprint density at radius 2 is 2.00 bits per heavy atom. The minimum atomic E-state index is -0.0322. The molecule has 4 rings (SSSR count). The zero-order chi connectivity index (χ0) is 15.8. The molecule has 0 radical (unpaired) electrons. The molecule has 2 aromatic heterocycles. The first-order valence-electron chi connectivity index (χ1n) is 7.60. The summed E-state index contributed by atoms with van der Waals surface area (Å²) in [5, 5.41) is 4.41. The fourth-order valence-electron chi connectivity index (χ4n) is 2.97. The monoisotopic (exact) mass is 307 g/mol. The Morgan fingerprint density at radius 1 is 1.17 bits per heavy atom. The standard InChI is InChI=1S/C17H17N5O/c1-20-16(13-5-3-2-4-6-13)9-15(19-20)17(23)21-7-8-22-12-18-10-14(22)11-21/h2-6,9-10,12H,7-8,11H2,1H3. The van der Waals surface area contributed by atoms with E-state index in [1.165, 1.54) is 0 Å². The van der Waals surface area contributed by atoms with Crippen LogP contribution in [0.4, 0.5) is 0 Å². The molecule has 0 unspecified atom stereocenters. The van der Waals surface area contributed by atoms with Crippen molar-refractivity contribution in [2.24, 2.45) is 7.05 Å². The molecule has 1 aromatic carbocycles. The number of aromatic nitrogens is 4. The Labute approximate surface area is 134 Å². The van der Waals surface area contributed by atoms with Crippen molar-refractivity contribution in [1.29, 1.82) is 0 Å². The quantitative estimate of drug-likeness (QED) is 0.727. The van der Waals surface area contributed by atoms with E-state index in [2.05, 4.69) is 14.6 Å². The molecule has 1 aliphatic rings. The number of carbonyl (C=O) groups is 1. The molecule has 3 heterocycles. The second kappa shape index (κ2) is 5.39. The maximum absolute atomic E-state index is 12.7. The van der Waals surface area contributed by atoms with Gasteiger partial charge < -0.3 is 9.47 Å². The second-order valence-electron chi connectivity index (χ2n) is 5.71. The van der Waals surface area contributed by atoms with Gasteiger partial charge in [0.1, 0.15) is 0 Å². The smallest absolute Gasteiger partial charge is 0.274 e. The number of hydrogen-bond acceptors (Lipinski definition) is 3. The maximum atomic E-state index is 12.7. The van der Waals surface area contributed by atoms with Gasteiger partial charge in [0.2, 0.25) is 0 Å². The molecule has 0 atom stereocenters. The molecule has 23 heavy (non-hydrogen) atoms. The molecule has 6 heteroatoms. The summed E-state index contributed by atoms with van der Waals surface area (Å²) in [6.45, 7) is 2.04. The molecule has 6 nitrogen and oxygen atoms in total. The van der Waals surface area contributed by atoms with E-state index in [1.807, 2.05) is 60.9 Å². The molecule has 0 fully saturated rings. The summed E-state index contributed by atoms with van der Waals surface area (Å²) >= 11 is 0. The summed E-state index contributed by atoms with van der Waals surface area (Å²) in [4.78, 5) is 18.7. The van der Waals surface area contributed by atoms with Crippen LogP contribution in [0.5, 0.6) is 0 Å². The molecular weight excluding hydrogens is 290 g/mol. The second-order valence-corrected chi connectivity index (χ2v) is 5.71. The van der Waals surface area contributed by atoms with Crippen LogP contribution in [0.1, 0.15) is 16.2 Å². The fourth-order valence-corrected chi connectivity index (χ4v) is 2.97. The number of hydrogen-bond donors (Lipinski definition) is 0. The number of aryl methyl sites for hydroxylation is 1. The van der Waals surface area contributed by atoms with E-state index in [9.17, 15) is 4.79 Å². The molecule has 0 aliphatic carbocycles. The molecule has 0 spiro atoms. The Hall–Kier alpha value is -2.89. The van der Waals surface area contributed by atoms with Gasteiger partial charge in [-0.1, -0.05) is 30.3 Å². The van der Waals surface area contributed by atoms with Crippen molar-refractivity contribution < 1.29 is 4.79 Å². The molecule has 0 saturated carbocycles. The van der Waals surface area contributed by atoms with Gasteiger partial charge in [-0.25, -0.2) is 4.98 Å². The summed E-state index contributed by atoms with van der Waals surface area (Å²) in [5.41, 5.74) is 3.54. The number of imidazole rings is 1. The Kier molecular flexibility index (Phi) is 3.22. The Morgan fingerprint density at radius 3 is 2.83 bits per heavy atom. The highest BCUT2D eigenvalue weighted by Gasteiger charge is 2.24. The van der Waals surface area contributed by atoms with Crippen LogP contribution in [0.15, 0.2) is 48.9 Å². The highest BCUT2D eigenvalue weighted by Crippen LogP contribution is 2.21. The maximum Gasteiger partial charge on any atom is 0.274 e. The van der Waals surface area contributed by atoms with Gasteiger partial charge in [-0.3, -0.25) is 9.48 Å². The van der Waals surface area contributed by atoms with Gasteiger partial charge in [0.15, 0.2) is 5.69 Å². The number of benzene rings is 1. The van der Waals surface area contributed by atoms with Crippen molar-refractivity contribution in [1.82, 2.24) is 24.2 Å². The van der Waals surface area contributed by atoms with E-state index in [1.54, 1.807) is 4.68 Å². The first-order chi connectivity index (χ1) is 11.2. The number of rotatable bonds is 2. The predicted octanol–water partition coefficient (Wildman–Crippen LogP) is 1.94. The number of amides is 1. The first kappa shape index (κ1) is 13.8. The minimum absolute atomic E-state index is 0.0322. The lowest BCUT2D eigenvalue weighted by Crippen LogP contribution is -2.38. The number of fused-ring (bicyclic) bond motifs is 1. The minimum Gasteiger partial charge on any atom is -0.331 e. The van der Waals surface area contributed by atoms with Crippen LogP contribution >= 0.6 is 0 Å². The SMILES string of the molecule is Cn1nc(C(=O)N2CCn3cncc3C2)cc1-c1ccccc1. The largest absolute Gasteiger partial charge is 0.331 e. The van der Waals surface area contributed by atoms with Crippen molar-refractivity contribution in [2.45, 2.75) is 13.1 Å². The van der Waals surface area contributed by atoms with Gasteiger partial charge in [0.25, 0.3) is 5.91 Å². The van der Waals surface area contributed by atoms with E-state index in [4.69, 9.17) is 0 Å². The summed E-state index contributed by atoms with van der Waals surface area (Å²) < 4.78 is 3.84. The third-order valence-corrected chi connectivity index (χ3v) is 4.22. The van der Waals surface area contributed by atoms with E-state index in [0.29, 0.717) is 18.8 Å². The zero-order valence-corrected chi connectivity index (χ0v) is 12.9. The summed E-state index contributed by atoms with van der Waals surface area (Å²) in [6, 6.07) is 11.8. The molecule has 0 N–H and O–H groups in total. The molecule has 1 amide bonds. The van der Waals surface area contributed by atoms with E-state index in [0.717, 1.165) is 23.5 Å². The predicted molar refractivity (Wildman–Crippen MR) is 85.6 cm³/mol. The third kappa shape index (κ3) is 2.42. The molecule has 0 saturated heterocycles. The van der Waals surface area contributed by atoms with Crippen LogP contribution in [0.25, 0.3) is 11.3 Å². The first-order valence-corrected chi connectivity index (χ1v) is 7.60. The lowest BCUT2D eigenvalue weighted by atomic mass is 10.1. The lowest BCUT2D eigenvalue weighted by molar-refractivity contribution is 0.0704. The van der Waals surface area contributed by atoms with Crippen LogP contribution in [-0.2, 0) is 20.1 Å². The molecule has 3 aromatic rings. The average Bonchev–Trinajstić information content (AvgIpc) is 3.20. The van der Waals surface area contributed by atoms with Gasteiger partial charge in [0.05, 0.1) is 24.3 Å². The Bertz CT molecular complexity index is 849. The average molecular weight is 307 g/mol. The van der Waals surface area contributed by atoms with Crippen molar-refractivity contribution in [2.75, 3.05) is 6.54 Å².